The maximum atomic E-state index is 13.1. The van der Waals surface area contributed by atoms with Gasteiger partial charge in [-0.2, -0.15) is 0 Å². The van der Waals surface area contributed by atoms with E-state index in [4.69, 9.17) is 9.47 Å². The zero-order valence-corrected chi connectivity index (χ0v) is 15.0. The number of rotatable bonds is 3. The Morgan fingerprint density at radius 1 is 1.42 bits per heavy atom. The van der Waals surface area contributed by atoms with Crippen molar-refractivity contribution in [3.8, 4) is 0 Å². The summed E-state index contributed by atoms with van der Waals surface area (Å²) in [6.45, 7) is 2.47. The first kappa shape index (κ1) is 15.8. The Labute approximate surface area is 148 Å². The molecule has 3 aliphatic rings. The van der Waals surface area contributed by atoms with Gasteiger partial charge in [-0.3, -0.25) is 9.59 Å². The molecular formula is C18H18BrNO4. The minimum Gasteiger partial charge on any atom is -0.469 e. The van der Waals surface area contributed by atoms with Crippen molar-refractivity contribution in [3.05, 3.63) is 46.5 Å². The van der Waals surface area contributed by atoms with Crippen molar-refractivity contribution in [3.63, 3.8) is 0 Å². The average molecular weight is 392 g/mol. The number of amides is 1. The number of likely N-dealkylation sites (tertiary alicyclic amines) is 1. The van der Waals surface area contributed by atoms with Crippen molar-refractivity contribution in [1.82, 2.24) is 4.90 Å². The highest BCUT2D eigenvalue weighted by molar-refractivity contribution is 9.10. The van der Waals surface area contributed by atoms with Gasteiger partial charge in [-0.15, -0.1) is 0 Å². The number of hydrogen-bond donors (Lipinski definition) is 0. The van der Waals surface area contributed by atoms with E-state index >= 15 is 0 Å². The molecule has 2 fully saturated rings. The lowest BCUT2D eigenvalue weighted by Crippen LogP contribution is -2.39. The minimum atomic E-state index is -0.690. The van der Waals surface area contributed by atoms with Gasteiger partial charge in [0.2, 0.25) is 5.91 Å². The fourth-order valence-corrected chi connectivity index (χ4v) is 4.45. The largest absolute Gasteiger partial charge is 0.469 e. The van der Waals surface area contributed by atoms with E-state index in [-0.39, 0.29) is 24.0 Å². The summed E-state index contributed by atoms with van der Waals surface area (Å²) in [4.78, 5) is 27.1. The first-order chi connectivity index (χ1) is 11.5. The van der Waals surface area contributed by atoms with Crippen LogP contribution >= 0.6 is 15.9 Å². The summed E-state index contributed by atoms with van der Waals surface area (Å²) < 4.78 is 11.9. The third kappa shape index (κ3) is 2.09. The number of benzene rings is 1. The van der Waals surface area contributed by atoms with Crippen LogP contribution in [0.3, 0.4) is 0 Å². The molecule has 1 amide bonds. The van der Waals surface area contributed by atoms with Crippen LogP contribution < -0.4 is 0 Å². The Kier molecular flexibility index (Phi) is 3.58. The SMILES string of the molecule is COC(=O)[C@H]1[C@H]2C=C[C@@]3(CN([C@H](C)c4ccc(Br)cc4)C(=O)[C@@H]13)O2. The Bertz CT molecular complexity index is 731. The lowest BCUT2D eigenvalue weighted by atomic mass is 9.77. The maximum absolute atomic E-state index is 13.1. The average Bonchev–Trinajstić information content (AvgIpc) is 3.22. The van der Waals surface area contributed by atoms with Crippen molar-refractivity contribution in [2.24, 2.45) is 11.8 Å². The number of esters is 1. The molecule has 126 valence electrons. The molecule has 1 aromatic carbocycles. The number of hydrogen-bond acceptors (Lipinski definition) is 4. The summed E-state index contributed by atoms with van der Waals surface area (Å²) in [6.07, 6.45) is 3.49. The van der Waals surface area contributed by atoms with Crippen LogP contribution in [0.4, 0.5) is 0 Å². The smallest absolute Gasteiger partial charge is 0.312 e. The van der Waals surface area contributed by atoms with Crippen LogP contribution in [0.15, 0.2) is 40.9 Å². The Morgan fingerprint density at radius 2 is 2.12 bits per heavy atom. The summed E-state index contributed by atoms with van der Waals surface area (Å²) >= 11 is 3.43. The molecule has 0 unspecified atom stereocenters. The highest BCUT2D eigenvalue weighted by Crippen LogP contribution is 2.53. The summed E-state index contributed by atoms with van der Waals surface area (Å²) in [7, 11) is 1.35. The topological polar surface area (TPSA) is 55.8 Å². The molecule has 6 heteroatoms. The van der Waals surface area contributed by atoms with Gasteiger partial charge in [0.05, 0.1) is 31.7 Å². The van der Waals surface area contributed by atoms with Crippen LogP contribution in [0.25, 0.3) is 0 Å². The molecule has 5 nitrogen and oxygen atoms in total. The standard InChI is InChI=1S/C18H18BrNO4/c1-10(11-3-5-12(19)6-4-11)20-9-18-8-7-13(24-18)14(17(22)23-2)15(18)16(20)21/h3-8,10,13-15H,9H2,1-2H3/t10-,13-,14+,15-,18+/m1/s1. The van der Waals surface area contributed by atoms with Crippen LogP contribution in [0, 0.1) is 11.8 Å². The third-order valence-corrected chi connectivity index (χ3v) is 5.95. The van der Waals surface area contributed by atoms with Crippen molar-refractivity contribution in [1.29, 1.82) is 0 Å². The van der Waals surface area contributed by atoms with Crippen LogP contribution in [-0.2, 0) is 19.1 Å². The van der Waals surface area contributed by atoms with Gasteiger partial charge < -0.3 is 14.4 Å². The molecule has 0 saturated carbocycles. The van der Waals surface area contributed by atoms with Gasteiger partial charge in [0.25, 0.3) is 0 Å². The van der Waals surface area contributed by atoms with Crippen LogP contribution in [0.2, 0.25) is 0 Å². The molecule has 0 radical (unpaired) electrons. The minimum absolute atomic E-state index is 0.0346. The van der Waals surface area contributed by atoms with E-state index < -0.39 is 17.4 Å². The number of halogens is 1. The number of methoxy groups -OCH3 is 1. The van der Waals surface area contributed by atoms with E-state index in [9.17, 15) is 9.59 Å². The number of carbonyl (C=O) groups excluding carboxylic acids is 2. The van der Waals surface area contributed by atoms with Gasteiger partial charge in [0.1, 0.15) is 11.5 Å². The quantitative estimate of drug-likeness (QED) is 0.586. The zero-order chi connectivity index (χ0) is 17.1. The molecule has 2 bridgehead atoms. The molecule has 3 heterocycles. The molecule has 5 atom stereocenters. The second kappa shape index (κ2) is 5.43. The van der Waals surface area contributed by atoms with E-state index in [1.54, 1.807) is 0 Å². The highest BCUT2D eigenvalue weighted by Gasteiger charge is 2.67. The van der Waals surface area contributed by atoms with Crippen molar-refractivity contribution < 1.29 is 19.1 Å². The Hall–Kier alpha value is -1.66. The predicted octanol–water partition coefficient (Wildman–Crippen LogP) is 2.47. The molecule has 0 aliphatic carbocycles. The molecule has 1 spiro atoms. The predicted molar refractivity (Wildman–Crippen MR) is 90.0 cm³/mol. The van der Waals surface area contributed by atoms with E-state index in [1.807, 2.05) is 48.2 Å². The molecule has 3 aliphatic heterocycles. The van der Waals surface area contributed by atoms with E-state index in [2.05, 4.69) is 15.9 Å². The van der Waals surface area contributed by atoms with Crippen LogP contribution in [0.1, 0.15) is 18.5 Å². The fourth-order valence-electron chi connectivity index (χ4n) is 4.18. The lowest BCUT2D eigenvalue weighted by molar-refractivity contribution is -0.151. The van der Waals surface area contributed by atoms with Gasteiger partial charge in [-0.05, 0) is 24.6 Å². The fraction of sp³-hybridized carbons (Fsp3) is 0.444. The summed E-state index contributed by atoms with van der Waals surface area (Å²) in [5.74, 6) is -1.44. The molecule has 1 aromatic rings. The second-order valence-corrected chi connectivity index (χ2v) is 7.53. The maximum Gasteiger partial charge on any atom is 0.312 e. The van der Waals surface area contributed by atoms with E-state index in [0.717, 1.165) is 10.0 Å². The van der Waals surface area contributed by atoms with E-state index in [0.29, 0.717) is 6.54 Å². The highest BCUT2D eigenvalue weighted by atomic mass is 79.9. The first-order valence-corrected chi connectivity index (χ1v) is 8.77. The summed E-state index contributed by atoms with van der Waals surface area (Å²) in [6, 6.07) is 7.84. The molecule has 2 saturated heterocycles. The summed E-state index contributed by atoms with van der Waals surface area (Å²) in [5.41, 5.74) is 0.362. The monoisotopic (exact) mass is 391 g/mol. The first-order valence-electron chi connectivity index (χ1n) is 7.98. The number of carbonyl (C=O) groups is 2. The normalized spacial score (nSPS) is 34.5. The zero-order valence-electron chi connectivity index (χ0n) is 13.4. The van der Waals surface area contributed by atoms with Gasteiger partial charge in [0.15, 0.2) is 0 Å². The van der Waals surface area contributed by atoms with Crippen molar-refractivity contribution >= 4 is 27.8 Å². The molecular weight excluding hydrogens is 374 g/mol. The molecule has 24 heavy (non-hydrogen) atoms. The number of fused-ring (bicyclic) bond motifs is 1. The number of ether oxygens (including phenoxy) is 2. The number of nitrogens with zero attached hydrogens (tertiary/aromatic N) is 1. The second-order valence-electron chi connectivity index (χ2n) is 6.62. The van der Waals surface area contributed by atoms with Crippen LogP contribution in [0.5, 0.6) is 0 Å². The summed E-state index contributed by atoms with van der Waals surface area (Å²) in [5, 5.41) is 0. The molecule has 0 aromatic heterocycles. The van der Waals surface area contributed by atoms with Crippen molar-refractivity contribution in [2.45, 2.75) is 24.7 Å². The van der Waals surface area contributed by atoms with E-state index in [1.165, 1.54) is 7.11 Å². The van der Waals surface area contributed by atoms with Gasteiger partial charge >= 0.3 is 5.97 Å². The van der Waals surface area contributed by atoms with Gasteiger partial charge in [0, 0.05) is 4.47 Å². The third-order valence-electron chi connectivity index (χ3n) is 5.42. The Balaban J connectivity index is 1.65. The molecule has 4 rings (SSSR count). The lowest BCUT2D eigenvalue weighted by Gasteiger charge is -2.27. The van der Waals surface area contributed by atoms with Crippen LogP contribution in [-0.4, -0.2) is 42.1 Å². The van der Waals surface area contributed by atoms with Gasteiger partial charge in [-0.1, -0.05) is 40.2 Å². The van der Waals surface area contributed by atoms with Gasteiger partial charge in [-0.25, -0.2) is 0 Å². The molecule has 0 N–H and O–H groups in total. The Morgan fingerprint density at radius 3 is 2.79 bits per heavy atom. The van der Waals surface area contributed by atoms with Crippen molar-refractivity contribution in [2.75, 3.05) is 13.7 Å².